The smallest absolute Gasteiger partial charge is 0.0284 e. The second-order valence-corrected chi connectivity index (χ2v) is 5.13. The summed E-state index contributed by atoms with van der Waals surface area (Å²) in [5, 5.41) is 0. The molecule has 2 aliphatic carbocycles. The topological polar surface area (TPSA) is 0 Å². The Balaban J connectivity index is 2.03. The van der Waals surface area contributed by atoms with Gasteiger partial charge in [0.25, 0.3) is 0 Å². The molecule has 0 spiro atoms. The largest absolute Gasteiger partial charge is 0.0696 e. The fourth-order valence-corrected chi connectivity index (χ4v) is 2.45. The Hall–Kier alpha value is -1.52. The van der Waals surface area contributed by atoms with E-state index in [0.29, 0.717) is 0 Å². The van der Waals surface area contributed by atoms with E-state index < -0.39 is 0 Å². The van der Waals surface area contributed by atoms with Crippen LogP contribution in [0.15, 0.2) is 69.6 Å². The Morgan fingerprint density at radius 2 is 1.76 bits per heavy atom. The first-order valence-corrected chi connectivity index (χ1v) is 6.50. The monoisotopic (exact) mass is 282 g/mol. The molecule has 17 heavy (non-hydrogen) atoms. The number of hydrogen-bond acceptors (Lipinski definition) is 0. The van der Waals surface area contributed by atoms with Crippen molar-refractivity contribution in [2.75, 3.05) is 0 Å². The predicted molar refractivity (Wildman–Crippen MR) is 74.5 cm³/mol. The van der Waals surface area contributed by atoms with E-state index in [-0.39, 0.29) is 0 Å². The summed E-state index contributed by atoms with van der Waals surface area (Å²) < 4.78 is 1.12. The lowest BCUT2D eigenvalue weighted by atomic mass is 9.86. The molecule has 2 aliphatic rings. The van der Waals surface area contributed by atoms with Gasteiger partial charge in [0.15, 0.2) is 0 Å². The minimum atomic E-state index is 1.10. The molecule has 0 saturated carbocycles. The van der Waals surface area contributed by atoms with Crippen LogP contribution >= 0.6 is 15.9 Å². The highest BCUT2D eigenvalue weighted by Gasteiger charge is 2.14. The van der Waals surface area contributed by atoms with Crippen molar-refractivity contribution in [3.05, 3.63) is 75.1 Å². The van der Waals surface area contributed by atoms with Gasteiger partial charge >= 0.3 is 0 Å². The van der Waals surface area contributed by atoms with Crippen molar-refractivity contribution in [2.24, 2.45) is 0 Å². The molecule has 0 atom stereocenters. The Morgan fingerprint density at radius 1 is 1.00 bits per heavy atom. The van der Waals surface area contributed by atoms with Crippen molar-refractivity contribution in [3.8, 4) is 0 Å². The van der Waals surface area contributed by atoms with E-state index >= 15 is 0 Å². The number of benzene rings is 1. The molecule has 0 unspecified atom stereocenters. The van der Waals surface area contributed by atoms with Crippen LogP contribution in [0, 0.1) is 0 Å². The quantitative estimate of drug-likeness (QED) is 0.649. The highest BCUT2D eigenvalue weighted by atomic mass is 79.9. The van der Waals surface area contributed by atoms with Gasteiger partial charge in [-0.15, -0.1) is 0 Å². The van der Waals surface area contributed by atoms with Crippen LogP contribution in [0.2, 0.25) is 0 Å². The van der Waals surface area contributed by atoms with Gasteiger partial charge in [-0.2, -0.15) is 0 Å². The zero-order chi connectivity index (χ0) is 11.7. The number of rotatable bonds is 1. The van der Waals surface area contributed by atoms with Crippen molar-refractivity contribution < 1.29 is 0 Å². The minimum absolute atomic E-state index is 1.10. The molecule has 0 N–H and O–H groups in total. The minimum Gasteiger partial charge on any atom is -0.0696 e. The summed E-state index contributed by atoms with van der Waals surface area (Å²) in [7, 11) is 0. The molecule has 0 radical (unpaired) electrons. The van der Waals surface area contributed by atoms with Crippen LogP contribution in [0.3, 0.4) is 0 Å². The van der Waals surface area contributed by atoms with Crippen molar-refractivity contribution in [3.63, 3.8) is 0 Å². The molecule has 0 nitrogen and oxygen atoms in total. The Labute approximate surface area is 109 Å². The van der Waals surface area contributed by atoms with Gasteiger partial charge < -0.3 is 0 Å². The first-order valence-electron chi connectivity index (χ1n) is 5.71. The van der Waals surface area contributed by atoms with Crippen molar-refractivity contribution in [1.82, 2.24) is 0 Å². The number of fused-ring (bicyclic) bond motifs is 1. The predicted octanol–water partition coefficient (Wildman–Crippen LogP) is 4.80. The third-order valence-corrected chi connectivity index (χ3v) is 3.65. The first kappa shape index (κ1) is 10.6. The second-order valence-electron chi connectivity index (χ2n) is 4.22. The van der Waals surface area contributed by atoms with E-state index in [4.69, 9.17) is 0 Å². The van der Waals surface area contributed by atoms with E-state index in [1.165, 1.54) is 22.3 Å². The van der Waals surface area contributed by atoms with Crippen LogP contribution in [0.25, 0.3) is 5.57 Å². The van der Waals surface area contributed by atoms with Crippen LogP contribution in [0.4, 0.5) is 0 Å². The molecule has 0 saturated heterocycles. The zero-order valence-corrected chi connectivity index (χ0v) is 10.9. The van der Waals surface area contributed by atoms with Crippen molar-refractivity contribution in [2.45, 2.75) is 12.8 Å². The van der Waals surface area contributed by atoms with E-state index in [1.807, 2.05) is 6.08 Å². The third-order valence-electron chi connectivity index (χ3n) is 3.12. The Bertz CT molecular complexity index is 614. The lowest BCUT2D eigenvalue weighted by Gasteiger charge is -2.17. The van der Waals surface area contributed by atoms with Crippen LogP contribution in [-0.4, -0.2) is 0 Å². The third kappa shape index (κ3) is 2.14. The number of halogens is 1. The molecule has 0 aliphatic heterocycles. The van der Waals surface area contributed by atoms with Gasteiger partial charge in [-0.1, -0.05) is 39.5 Å². The maximum Gasteiger partial charge on any atom is 0.0284 e. The molecule has 3 rings (SSSR count). The fraction of sp³-hybridized carbons (Fsp3) is 0.125. The highest BCUT2D eigenvalue weighted by Crippen LogP contribution is 2.33. The molecule has 0 bridgehead atoms. The van der Waals surface area contributed by atoms with Gasteiger partial charge in [-0.25, -0.2) is 0 Å². The maximum atomic E-state index is 3.46. The SMILES string of the molecule is Brc1ccc(C2=CC3=C=C=CC=C3CC2)cc1. The van der Waals surface area contributed by atoms with Crippen LogP contribution in [0.1, 0.15) is 18.4 Å². The lowest BCUT2D eigenvalue weighted by molar-refractivity contribution is 0.984. The molecule has 0 amide bonds. The fourth-order valence-electron chi connectivity index (χ4n) is 2.19. The van der Waals surface area contributed by atoms with Gasteiger partial charge in [0, 0.05) is 10.0 Å². The molecule has 1 aromatic rings. The van der Waals surface area contributed by atoms with Gasteiger partial charge in [0.05, 0.1) is 0 Å². The molecule has 1 aromatic carbocycles. The Kier molecular flexibility index (Phi) is 2.74. The Morgan fingerprint density at radius 3 is 2.59 bits per heavy atom. The molecular weight excluding hydrogens is 272 g/mol. The molecule has 82 valence electrons. The summed E-state index contributed by atoms with van der Waals surface area (Å²) in [6.45, 7) is 0. The van der Waals surface area contributed by atoms with Gasteiger partial charge in [-0.05, 0) is 59.9 Å². The van der Waals surface area contributed by atoms with Gasteiger partial charge in [0.2, 0.25) is 0 Å². The number of allylic oxidation sites excluding steroid dienone is 6. The summed E-state index contributed by atoms with van der Waals surface area (Å²) in [5.74, 6) is 0. The molecule has 1 heteroatoms. The normalized spacial score (nSPS) is 17.1. The maximum absolute atomic E-state index is 3.46. The van der Waals surface area contributed by atoms with Gasteiger partial charge in [0.1, 0.15) is 0 Å². The van der Waals surface area contributed by atoms with Gasteiger partial charge in [-0.3, -0.25) is 0 Å². The number of hydrogen-bond donors (Lipinski definition) is 0. The van der Waals surface area contributed by atoms with E-state index in [1.54, 1.807) is 0 Å². The van der Waals surface area contributed by atoms with Crippen molar-refractivity contribution >= 4 is 21.5 Å². The molecule has 0 heterocycles. The second kappa shape index (κ2) is 4.39. The average Bonchev–Trinajstić information content (AvgIpc) is 2.39. The molecule has 0 aromatic heterocycles. The molecular formula is C16H11Br. The summed E-state index contributed by atoms with van der Waals surface area (Å²) in [6.07, 6.45) is 8.52. The first-order chi connectivity index (χ1) is 8.33. The van der Waals surface area contributed by atoms with Crippen LogP contribution in [0.5, 0.6) is 0 Å². The van der Waals surface area contributed by atoms with Crippen LogP contribution in [-0.2, 0) is 0 Å². The highest BCUT2D eigenvalue weighted by molar-refractivity contribution is 9.10. The summed E-state index contributed by atoms with van der Waals surface area (Å²) in [5.41, 5.74) is 11.5. The molecule has 0 fully saturated rings. The van der Waals surface area contributed by atoms with Crippen molar-refractivity contribution in [1.29, 1.82) is 0 Å². The standard InChI is InChI=1S/C16H11Br/c17-16-9-7-13(8-10-16)15-6-5-12-3-1-2-4-14(12)11-15/h1,3,7-11H,5-6H2. The average molecular weight is 283 g/mol. The summed E-state index contributed by atoms with van der Waals surface area (Å²) in [6, 6.07) is 8.50. The van der Waals surface area contributed by atoms with E-state index in [2.05, 4.69) is 63.8 Å². The zero-order valence-electron chi connectivity index (χ0n) is 9.33. The van der Waals surface area contributed by atoms with E-state index in [0.717, 1.165) is 17.3 Å². The summed E-state index contributed by atoms with van der Waals surface area (Å²) >= 11 is 3.46. The summed E-state index contributed by atoms with van der Waals surface area (Å²) in [4.78, 5) is 0. The van der Waals surface area contributed by atoms with Crippen LogP contribution < -0.4 is 0 Å². The van der Waals surface area contributed by atoms with E-state index in [9.17, 15) is 0 Å². The lowest BCUT2D eigenvalue weighted by Crippen LogP contribution is -1.98.